The molecule has 0 aliphatic heterocycles. The summed E-state index contributed by atoms with van der Waals surface area (Å²) in [5.41, 5.74) is 2.34. The SMILES string of the molecule is CC(C)(C1=CCC(OCC(O)CI)C=C1)c1ccc(OCC(O)CI)cc1. The lowest BCUT2D eigenvalue weighted by Gasteiger charge is -2.30. The molecule has 1 aromatic rings. The molecule has 0 aromatic heterocycles. The Morgan fingerprint density at radius 1 is 1.07 bits per heavy atom. The Labute approximate surface area is 189 Å². The van der Waals surface area contributed by atoms with Gasteiger partial charge in [-0.05, 0) is 29.7 Å². The standard InChI is InChI=1S/C21H28I2O4/c1-21(2,15-3-7-19(8-4-15)26-13-17(24)11-22)16-5-9-20(10-6-16)27-14-18(25)12-23/h3-9,17-18,20,24-25H,10-14H2,1-2H3. The molecular formula is C21H28I2O4. The number of halogens is 2. The van der Waals surface area contributed by atoms with Crippen molar-refractivity contribution in [2.75, 3.05) is 22.1 Å². The molecule has 0 heterocycles. The average Bonchev–Trinajstić information content (AvgIpc) is 2.70. The Morgan fingerprint density at radius 3 is 2.26 bits per heavy atom. The molecule has 0 spiro atoms. The van der Waals surface area contributed by atoms with Gasteiger partial charge in [-0.25, -0.2) is 0 Å². The van der Waals surface area contributed by atoms with Gasteiger partial charge in [0.25, 0.3) is 0 Å². The molecule has 0 fully saturated rings. The van der Waals surface area contributed by atoms with Crippen LogP contribution in [0.3, 0.4) is 0 Å². The number of ether oxygens (including phenoxy) is 2. The minimum atomic E-state index is -0.438. The van der Waals surface area contributed by atoms with E-state index in [0.29, 0.717) is 22.1 Å². The topological polar surface area (TPSA) is 58.9 Å². The number of aliphatic hydroxyl groups is 2. The minimum absolute atomic E-state index is 0.0299. The fourth-order valence-corrected chi connectivity index (χ4v) is 3.35. The van der Waals surface area contributed by atoms with Crippen molar-refractivity contribution in [3.63, 3.8) is 0 Å². The molecule has 0 bridgehead atoms. The van der Waals surface area contributed by atoms with E-state index in [0.717, 1.165) is 12.2 Å². The second-order valence-electron chi connectivity index (χ2n) is 7.20. The minimum Gasteiger partial charge on any atom is -0.491 e. The number of alkyl halides is 2. The van der Waals surface area contributed by atoms with Crippen LogP contribution in [0.1, 0.15) is 25.8 Å². The Balaban J connectivity index is 1.95. The van der Waals surface area contributed by atoms with Crippen LogP contribution in [0.5, 0.6) is 5.75 Å². The van der Waals surface area contributed by atoms with Gasteiger partial charge in [0.15, 0.2) is 0 Å². The fraction of sp³-hybridized carbons (Fsp3) is 0.524. The van der Waals surface area contributed by atoms with Crippen molar-refractivity contribution in [3.8, 4) is 5.75 Å². The largest absolute Gasteiger partial charge is 0.491 e. The predicted octanol–water partition coefficient (Wildman–Crippen LogP) is 4.21. The van der Waals surface area contributed by atoms with Gasteiger partial charge in [0.1, 0.15) is 12.4 Å². The molecule has 150 valence electrons. The van der Waals surface area contributed by atoms with Crippen molar-refractivity contribution in [3.05, 3.63) is 53.6 Å². The summed E-state index contributed by atoms with van der Waals surface area (Å²) in [5.74, 6) is 0.772. The van der Waals surface area contributed by atoms with Gasteiger partial charge < -0.3 is 19.7 Å². The van der Waals surface area contributed by atoms with Gasteiger partial charge in [-0.3, -0.25) is 0 Å². The maximum Gasteiger partial charge on any atom is 0.119 e. The van der Waals surface area contributed by atoms with E-state index < -0.39 is 12.2 Å². The maximum absolute atomic E-state index is 9.63. The summed E-state index contributed by atoms with van der Waals surface area (Å²) >= 11 is 4.30. The smallest absolute Gasteiger partial charge is 0.119 e. The molecule has 0 radical (unpaired) electrons. The van der Waals surface area contributed by atoms with Crippen LogP contribution in [0.2, 0.25) is 0 Å². The molecule has 2 rings (SSSR count). The van der Waals surface area contributed by atoms with Crippen LogP contribution in [0.15, 0.2) is 48.1 Å². The summed E-state index contributed by atoms with van der Waals surface area (Å²) in [7, 11) is 0. The molecule has 1 aliphatic rings. The first-order valence-electron chi connectivity index (χ1n) is 9.08. The first-order valence-corrected chi connectivity index (χ1v) is 12.1. The van der Waals surface area contributed by atoms with E-state index in [1.165, 1.54) is 11.1 Å². The second-order valence-corrected chi connectivity index (χ2v) is 8.96. The molecule has 6 heteroatoms. The molecule has 27 heavy (non-hydrogen) atoms. The van der Waals surface area contributed by atoms with Crippen molar-refractivity contribution < 1.29 is 19.7 Å². The van der Waals surface area contributed by atoms with Gasteiger partial charge in [-0.2, -0.15) is 0 Å². The van der Waals surface area contributed by atoms with Crippen molar-refractivity contribution in [1.82, 2.24) is 0 Å². The third kappa shape index (κ3) is 6.99. The molecule has 3 atom stereocenters. The van der Waals surface area contributed by atoms with Crippen LogP contribution >= 0.6 is 45.2 Å². The molecule has 0 saturated heterocycles. The van der Waals surface area contributed by atoms with Crippen molar-refractivity contribution in [2.24, 2.45) is 0 Å². The zero-order chi connectivity index (χ0) is 19.9. The quantitative estimate of drug-likeness (QED) is 0.313. The van der Waals surface area contributed by atoms with Gasteiger partial charge >= 0.3 is 0 Å². The molecule has 3 unspecified atom stereocenters. The molecule has 4 nitrogen and oxygen atoms in total. The van der Waals surface area contributed by atoms with Gasteiger partial charge in [0, 0.05) is 14.3 Å². The van der Waals surface area contributed by atoms with E-state index in [9.17, 15) is 10.2 Å². The average molecular weight is 598 g/mol. The number of allylic oxidation sites excluding steroid dienone is 2. The maximum atomic E-state index is 9.63. The highest BCUT2D eigenvalue weighted by molar-refractivity contribution is 14.1. The van der Waals surface area contributed by atoms with Crippen LogP contribution in [-0.2, 0) is 10.2 Å². The van der Waals surface area contributed by atoms with Crippen molar-refractivity contribution in [1.29, 1.82) is 0 Å². The van der Waals surface area contributed by atoms with Crippen molar-refractivity contribution >= 4 is 45.2 Å². The van der Waals surface area contributed by atoms with Gasteiger partial charge in [-0.15, -0.1) is 0 Å². The Bertz CT molecular complexity index is 640. The molecule has 0 saturated carbocycles. The van der Waals surface area contributed by atoms with Crippen molar-refractivity contribution in [2.45, 2.75) is 44.0 Å². The van der Waals surface area contributed by atoms with Gasteiger partial charge in [0.2, 0.25) is 0 Å². The summed E-state index contributed by atoms with van der Waals surface area (Å²) in [6, 6.07) is 8.09. The summed E-state index contributed by atoms with van der Waals surface area (Å²) in [4.78, 5) is 0. The van der Waals surface area contributed by atoms with Crippen LogP contribution in [0.4, 0.5) is 0 Å². The number of aliphatic hydroxyl groups excluding tert-OH is 2. The predicted molar refractivity (Wildman–Crippen MR) is 126 cm³/mol. The van der Waals surface area contributed by atoms with Gasteiger partial charge in [0.05, 0.1) is 24.9 Å². The number of rotatable bonds is 10. The second kappa shape index (κ2) is 11.1. The fourth-order valence-electron chi connectivity index (χ4n) is 2.84. The summed E-state index contributed by atoms with van der Waals surface area (Å²) in [6.07, 6.45) is 6.45. The summed E-state index contributed by atoms with van der Waals surface area (Å²) < 4.78 is 12.7. The van der Waals surface area contributed by atoms with Gasteiger partial charge in [-0.1, -0.05) is 89.4 Å². The number of benzene rings is 1. The van der Waals surface area contributed by atoms with Crippen LogP contribution in [0.25, 0.3) is 0 Å². The summed E-state index contributed by atoms with van der Waals surface area (Å²) in [5, 5.41) is 19.2. The number of hydrogen-bond acceptors (Lipinski definition) is 4. The monoisotopic (exact) mass is 598 g/mol. The molecule has 1 aliphatic carbocycles. The molecule has 0 amide bonds. The molecule has 2 N–H and O–H groups in total. The highest BCUT2D eigenvalue weighted by atomic mass is 127. The van der Waals surface area contributed by atoms with E-state index in [-0.39, 0.29) is 11.5 Å². The zero-order valence-corrected chi connectivity index (χ0v) is 20.1. The van der Waals surface area contributed by atoms with E-state index in [1.54, 1.807) is 0 Å². The highest BCUT2D eigenvalue weighted by Gasteiger charge is 2.26. The molecule has 1 aromatic carbocycles. The van der Waals surface area contributed by atoms with E-state index in [1.807, 2.05) is 12.1 Å². The normalized spacial score (nSPS) is 19.5. The first kappa shape index (κ1) is 23.1. The Hall–Kier alpha value is -0.160. The van der Waals surface area contributed by atoms with Crippen LogP contribution in [-0.4, -0.2) is 50.6 Å². The Kier molecular flexibility index (Phi) is 9.54. The third-order valence-electron chi connectivity index (χ3n) is 4.66. The lowest BCUT2D eigenvalue weighted by atomic mass is 9.75. The number of hydrogen-bond donors (Lipinski definition) is 2. The summed E-state index contributed by atoms with van der Waals surface area (Å²) in [6.45, 7) is 5.10. The lowest BCUT2D eigenvalue weighted by Crippen LogP contribution is -2.25. The van der Waals surface area contributed by atoms with Crippen LogP contribution in [0, 0.1) is 0 Å². The lowest BCUT2D eigenvalue weighted by molar-refractivity contribution is 0.0211. The van der Waals surface area contributed by atoms with E-state index in [2.05, 4.69) is 89.4 Å². The van der Waals surface area contributed by atoms with Crippen LogP contribution < -0.4 is 4.74 Å². The van der Waals surface area contributed by atoms with E-state index in [4.69, 9.17) is 9.47 Å². The highest BCUT2D eigenvalue weighted by Crippen LogP contribution is 2.35. The Morgan fingerprint density at radius 2 is 1.70 bits per heavy atom. The third-order valence-corrected chi connectivity index (χ3v) is 6.69. The first-order chi connectivity index (χ1) is 12.9. The molecular weight excluding hydrogens is 570 g/mol. The zero-order valence-electron chi connectivity index (χ0n) is 15.8. The van der Waals surface area contributed by atoms with E-state index >= 15 is 0 Å².